The summed E-state index contributed by atoms with van der Waals surface area (Å²) in [7, 11) is 0. The molecule has 21 heavy (non-hydrogen) atoms. The summed E-state index contributed by atoms with van der Waals surface area (Å²) in [5, 5.41) is 12.1. The van der Waals surface area contributed by atoms with Crippen molar-refractivity contribution in [3.8, 4) is 0 Å². The fraction of sp³-hybridized carbons (Fsp3) is 0.188. The number of hydrogen-bond donors (Lipinski definition) is 1. The second kappa shape index (κ2) is 6.28. The highest BCUT2D eigenvalue weighted by atomic mass is 15.5. The SMILES string of the molecule is NCCn1nnnc1C(c1ccccc1)c1ccccc1. The number of aromatic nitrogens is 4. The highest BCUT2D eigenvalue weighted by molar-refractivity contribution is 5.37. The van der Waals surface area contributed by atoms with E-state index in [9.17, 15) is 0 Å². The second-order valence-corrected chi connectivity index (χ2v) is 4.80. The fourth-order valence-corrected chi connectivity index (χ4v) is 2.48. The van der Waals surface area contributed by atoms with Crippen LogP contribution in [0.5, 0.6) is 0 Å². The zero-order chi connectivity index (χ0) is 14.5. The van der Waals surface area contributed by atoms with Gasteiger partial charge in [0.1, 0.15) is 0 Å². The molecule has 0 aliphatic rings. The van der Waals surface area contributed by atoms with E-state index in [1.54, 1.807) is 4.68 Å². The van der Waals surface area contributed by atoms with E-state index in [4.69, 9.17) is 5.73 Å². The first-order valence-electron chi connectivity index (χ1n) is 6.96. The average Bonchev–Trinajstić information content (AvgIpc) is 2.98. The van der Waals surface area contributed by atoms with Gasteiger partial charge in [-0.25, -0.2) is 4.68 Å². The number of hydrogen-bond acceptors (Lipinski definition) is 4. The molecule has 1 aromatic heterocycles. The molecule has 0 radical (unpaired) electrons. The Hall–Kier alpha value is -2.53. The second-order valence-electron chi connectivity index (χ2n) is 4.80. The summed E-state index contributed by atoms with van der Waals surface area (Å²) >= 11 is 0. The number of nitrogens with zero attached hydrogens (tertiary/aromatic N) is 4. The first-order valence-corrected chi connectivity index (χ1v) is 6.96. The molecule has 3 rings (SSSR count). The molecule has 0 saturated heterocycles. The molecular formula is C16H17N5. The third-order valence-electron chi connectivity index (χ3n) is 3.42. The zero-order valence-corrected chi connectivity index (χ0v) is 11.6. The molecule has 0 atom stereocenters. The van der Waals surface area contributed by atoms with Gasteiger partial charge in [0.25, 0.3) is 0 Å². The number of tetrazole rings is 1. The molecule has 0 aliphatic carbocycles. The molecule has 0 unspecified atom stereocenters. The van der Waals surface area contributed by atoms with E-state index in [0.29, 0.717) is 13.1 Å². The van der Waals surface area contributed by atoms with E-state index in [2.05, 4.69) is 39.8 Å². The third kappa shape index (κ3) is 2.83. The summed E-state index contributed by atoms with van der Waals surface area (Å²) in [6, 6.07) is 20.5. The Bertz CT molecular complexity index is 639. The molecule has 3 aromatic rings. The lowest BCUT2D eigenvalue weighted by molar-refractivity contribution is 0.568. The highest BCUT2D eigenvalue weighted by Gasteiger charge is 2.22. The lowest BCUT2D eigenvalue weighted by atomic mass is 9.90. The Balaban J connectivity index is 2.11. The topological polar surface area (TPSA) is 69.6 Å². The first kappa shape index (κ1) is 13.5. The summed E-state index contributed by atoms with van der Waals surface area (Å²) in [4.78, 5) is 0. The van der Waals surface area contributed by atoms with E-state index in [1.807, 2.05) is 36.4 Å². The Kier molecular flexibility index (Phi) is 4.02. The summed E-state index contributed by atoms with van der Waals surface area (Å²) in [6.45, 7) is 1.12. The minimum Gasteiger partial charge on any atom is -0.329 e. The molecule has 2 aromatic carbocycles. The fourth-order valence-electron chi connectivity index (χ4n) is 2.48. The van der Waals surface area contributed by atoms with Crippen molar-refractivity contribution < 1.29 is 0 Å². The molecule has 0 fully saturated rings. The van der Waals surface area contributed by atoms with Crippen molar-refractivity contribution in [3.63, 3.8) is 0 Å². The maximum atomic E-state index is 5.65. The van der Waals surface area contributed by atoms with Crippen LogP contribution in [0.4, 0.5) is 0 Å². The van der Waals surface area contributed by atoms with E-state index in [0.717, 1.165) is 17.0 Å². The molecule has 0 saturated carbocycles. The van der Waals surface area contributed by atoms with Gasteiger partial charge in [-0.1, -0.05) is 60.7 Å². The Morgan fingerprint density at radius 2 is 1.48 bits per heavy atom. The van der Waals surface area contributed by atoms with Crippen molar-refractivity contribution in [2.45, 2.75) is 12.5 Å². The molecule has 0 spiro atoms. The minimum atomic E-state index is 0.00829. The molecule has 5 nitrogen and oxygen atoms in total. The normalized spacial score (nSPS) is 11.0. The Morgan fingerprint density at radius 1 is 0.905 bits per heavy atom. The summed E-state index contributed by atoms with van der Waals surface area (Å²) in [5.74, 6) is 0.826. The zero-order valence-electron chi connectivity index (χ0n) is 11.6. The number of benzene rings is 2. The largest absolute Gasteiger partial charge is 0.329 e. The van der Waals surface area contributed by atoms with Gasteiger partial charge in [0.15, 0.2) is 5.82 Å². The molecule has 0 aliphatic heterocycles. The van der Waals surface area contributed by atoms with Gasteiger partial charge in [-0.15, -0.1) is 5.10 Å². The molecule has 106 valence electrons. The van der Waals surface area contributed by atoms with Gasteiger partial charge in [0.2, 0.25) is 0 Å². The summed E-state index contributed by atoms with van der Waals surface area (Å²) in [6.07, 6.45) is 0. The van der Waals surface area contributed by atoms with Crippen molar-refractivity contribution >= 4 is 0 Å². The summed E-state index contributed by atoms with van der Waals surface area (Å²) in [5.41, 5.74) is 7.98. The molecule has 1 heterocycles. The number of nitrogens with two attached hydrogens (primary N) is 1. The van der Waals surface area contributed by atoms with Crippen molar-refractivity contribution in [2.75, 3.05) is 6.54 Å². The predicted molar refractivity (Wildman–Crippen MR) is 80.7 cm³/mol. The van der Waals surface area contributed by atoms with Gasteiger partial charge in [0.05, 0.1) is 12.5 Å². The first-order chi connectivity index (χ1) is 10.4. The smallest absolute Gasteiger partial charge is 0.163 e. The van der Waals surface area contributed by atoms with E-state index >= 15 is 0 Å². The molecule has 2 N–H and O–H groups in total. The van der Waals surface area contributed by atoms with Crippen LogP contribution in [0.25, 0.3) is 0 Å². The van der Waals surface area contributed by atoms with Gasteiger partial charge in [-0.2, -0.15) is 0 Å². The number of rotatable bonds is 5. The monoisotopic (exact) mass is 279 g/mol. The lowest BCUT2D eigenvalue weighted by Crippen LogP contribution is -2.17. The van der Waals surface area contributed by atoms with Gasteiger partial charge in [-0.05, 0) is 21.6 Å². The third-order valence-corrected chi connectivity index (χ3v) is 3.42. The van der Waals surface area contributed by atoms with E-state index in [-0.39, 0.29) is 5.92 Å². The summed E-state index contributed by atoms with van der Waals surface area (Å²) < 4.78 is 1.78. The van der Waals surface area contributed by atoms with Crippen molar-refractivity contribution in [1.29, 1.82) is 0 Å². The van der Waals surface area contributed by atoms with Crippen LogP contribution in [-0.2, 0) is 6.54 Å². The van der Waals surface area contributed by atoms with Crippen LogP contribution in [0.15, 0.2) is 60.7 Å². The quantitative estimate of drug-likeness (QED) is 0.773. The van der Waals surface area contributed by atoms with Crippen molar-refractivity contribution in [2.24, 2.45) is 5.73 Å². The maximum Gasteiger partial charge on any atom is 0.163 e. The van der Waals surface area contributed by atoms with Gasteiger partial charge >= 0.3 is 0 Å². The van der Waals surface area contributed by atoms with Crippen LogP contribution in [0.2, 0.25) is 0 Å². The Labute approximate surface area is 123 Å². The molecule has 0 amide bonds. The van der Waals surface area contributed by atoms with Crippen molar-refractivity contribution in [1.82, 2.24) is 20.2 Å². The predicted octanol–water partition coefficient (Wildman–Crippen LogP) is 1.81. The van der Waals surface area contributed by atoms with Crippen LogP contribution in [0.3, 0.4) is 0 Å². The molecule has 5 heteroatoms. The Morgan fingerprint density at radius 3 is 2.00 bits per heavy atom. The van der Waals surface area contributed by atoms with Crippen LogP contribution in [-0.4, -0.2) is 26.8 Å². The van der Waals surface area contributed by atoms with Crippen molar-refractivity contribution in [3.05, 3.63) is 77.6 Å². The van der Waals surface area contributed by atoms with Gasteiger partial charge < -0.3 is 5.73 Å². The van der Waals surface area contributed by atoms with Crippen LogP contribution >= 0.6 is 0 Å². The lowest BCUT2D eigenvalue weighted by Gasteiger charge is -2.17. The standard InChI is InChI=1S/C16H17N5/c17-11-12-21-16(18-19-20-21)15(13-7-3-1-4-8-13)14-9-5-2-6-10-14/h1-10,15H,11-12,17H2. The minimum absolute atomic E-state index is 0.00829. The van der Waals surface area contributed by atoms with Gasteiger partial charge in [0, 0.05) is 6.54 Å². The molecule has 0 bridgehead atoms. The van der Waals surface area contributed by atoms with Crippen LogP contribution < -0.4 is 5.73 Å². The van der Waals surface area contributed by atoms with Crippen LogP contribution in [0.1, 0.15) is 22.9 Å². The molecular weight excluding hydrogens is 262 g/mol. The van der Waals surface area contributed by atoms with Crippen LogP contribution in [0, 0.1) is 0 Å². The van der Waals surface area contributed by atoms with Gasteiger partial charge in [-0.3, -0.25) is 0 Å². The highest BCUT2D eigenvalue weighted by Crippen LogP contribution is 2.29. The van der Waals surface area contributed by atoms with E-state index in [1.165, 1.54) is 0 Å². The van der Waals surface area contributed by atoms with E-state index < -0.39 is 0 Å². The average molecular weight is 279 g/mol. The maximum absolute atomic E-state index is 5.65.